The van der Waals surface area contributed by atoms with Gasteiger partial charge in [-0.25, -0.2) is 13.2 Å². The molecule has 0 saturated carbocycles. The summed E-state index contributed by atoms with van der Waals surface area (Å²) < 4.78 is 49.8. The molecule has 8 heteroatoms. The van der Waals surface area contributed by atoms with Crippen LogP contribution in [-0.2, 0) is 17.9 Å². The zero-order chi connectivity index (χ0) is 21.5. The number of carbonyl (C=O) groups is 1. The number of halogens is 3. The number of likely N-dealkylation sites (tertiary alicyclic amines) is 2. The van der Waals surface area contributed by atoms with Crippen molar-refractivity contribution in [3.8, 4) is 11.8 Å². The van der Waals surface area contributed by atoms with Crippen molar-refractivity contribution in [3.05, 3.63) is 65.0 Å². The molecule has 156 valence electrons. The lowest BCUT2D eigenvalue weighted by Gasteiger charge is -2.22. The molecule has 0 unspecified atom stereocenters. The lowest BCUT2D eigenvalue weighted by molar-refractivity contribution is -0.139. The van der Waals surface area contributed by atoms with Gasteiger partial charge in [0.1, 0.15) is 17.6 Å². The smallest absolute Gasteiger partial charge is 0.265 e. The molecule has 2 aromatic rings. The van der Waals surface area contributed by atoms with E-state index in [1.165, 1.54) is 29.0 Å². The number of nitriles is 1. The number of amides is 1. The summed E-state index contributed by atoms with van der Waals surface area (Å²) in [6, 6.07) is 12.7. The van der Waals surface area contributed by atoms with Crippen molar-refractivity contribution in [3.63, 3.8) is 0 Å². The molecule has 2 saturated heterocycles. The van der Waals surface area contributed by atoms with E-state index in [0.717, 1.165) is 11.6 Å². The molecule has 2 fully saturated rings. The van der Waals surface area contributed by atoms with E-state index in [4.69, 9.17) is 10.00 Å². The van der Waals surface area contributed by atoms with E-state index < -0.39 is 29.6 Å². The number of ether oxygens (including phenoxy) is 1. The fraction of sp³-hybridized carbons (Fsp3) is 0.364. The van der Waals surface area contributed by atoms with Crippen LogP contribution in [0.1, 0.15) is 16.7 Å². The van der Waals surface area contributed by atoms with Crippen LogP contribution in [-0.4, -0.2) is 53.8 Å². The van der Waals surface area contributed by atoms with Gasteiger partial charge in [0.25, 0.3) is 5.91 Å². The predicted octanol–water partition coefficient (Wildman–Crippen LogP) is 2.98. The Balaban J connectivity index is 1.49. The van der Waals surface area contributed by atoms with Crippen molar-refractivity contribution >= 4 is 5.91 Å². The van der Waals surface area contributed by atoms with Crippen LogP contribution in [0.15, 0.2) is 42.5 Å². The summed E-state index contributed by atoms with van der Waals surface area (Å²) in [6.45, 7) is -0.783. The van der Waals surface area contributed by atoms with Crippen LogP contribution in [0.5, 0.6) is 5.75 Å². The molecule has 0 bridgehead atoms. The highest BCUT2D eigenvalue weighted by Gasteiger charge is 2.70. The summed E-state index contributed by atoms with van der Waals surface area (Å²) in [4.78, 5) is 15.5. The summed E-state index contributed by atoms with van der Waals surface area (Å²) in [5.41, 5.74) is -3.81. The highest BCUT2D eigenvalue weighted by Crippen LogP contribution is 2.46. The summed E-state index contributed by atoms with van der Waals surface area (Å²) in [5, 5.41) is 8.95. The Labute approximate surface area is 172 Å². The van der Waals surface area contributed by atoms with Gasteiger partial charge in [0, 0.05) is 26.2 Å². The van der Waals surface area contributed by atoms with E-state index in [2.05, 4.69) is 0 Å². The van der Waals surface area contributed by atoms with Gasteiger partial charge >= 0.3 is 0 Å². The number of methoxy groups -OCH3 is 1. The number of carbonyl (C=O) groups excluding carboxylic acids is 1. The minimum absolute atomic E-state index is 0.0941. The molecule has 4 rings (SSSR count). The second-order valence-electron chi connectivity index (χ2n) is 7.85. The summed E-state index contributed by atoms with van der Waals surface area (Å²) in [7, 11) is 1.52. The van der Waals surface area contributed by atoms with Crippen molar-refractivity contribution in [1.82, 2.24) is 9.80 Å². The van der Waals surface area contributed by atoms with Crippen molar-refractivity contribution in [1.29, 1.82) is 5.26 Å². The minimum Gasteiger partial charge on any atom is -0.497 e. The number of fused-ring (bicyclic) bond motifs is 1. The Morgan fingerprint density at radius 1 is 1.10 bits per heavy atom. The molecule has 2 aliphatic heterocycles. The number of benzene rings is 2. The van der Waals surface area contributed by atoms with Crippen LogP contribution >= 0.6 is 0 Å². The molecule has 30 heavy (non-hydrogen) atoms. The lowest BCUT2D eigenvalue weighted by atomic mass is 9.93. The van der Waals surface area contributed by atoms with Crippen molar-refractivity contribution < 1.29 is 22.7 Å². The Kier molecular flexibility index (Phi) is 4.94. The van der Waals surface area contributed by atoms with Crippen molar-refractivity contribution in [2.24, 2.45) is 0 Å². The molecule has 1 amide bonds. The van der Waals surface area contributed by atoms with Gasteiger partial charge in [0.05, 0.1) is 19.2 Å². The van der Waals surface area contributed by atoms with Crippen molar-refractivity contribution in [2.75, 3.05) is 26.7 Å². The van der Waals surface area contributed by atoms with E-state index in [0.29, 0.717) is 11.3 Å². The Bertz CT molecular complexity index is 1040. The number of rotatable bonds is 5. The fourth-order valence-corrected chi connectivity index (χ4v) is 4.29. The second kappa shape index (κ2) is 7.33. The predicted molar refractivity (Wildman–Crippen MR) is 102 cm³/mol. The van der Waals surface area contributed by atoms with Crippen LogP contribution in [0.4, 0.5) is 13.2 Å². The van der Waals surface area contributed by atoms with E-state index in [-0.39, 0.29) is 31.7 Å². The molecule has 0 aliphatic carbocycles. The first-order chi connectivity index (χ1) is 14.3. The van der Waals surface area contributed by atoms with Crippen molar-refractivity contribution in [2.45, 2.75) is 24.4 Å². The van der Waals surface area contributed by atoms with Crippen LogP contribution in [0.25, 0.3) is 0 Å². The summed E-state index contributed by atoms with van der Waals surface area (Å²) in [5.74, 6) is -0.912. The zero-order valence-corrected chi connectivity index (χ0v) is 16.4. The average molecular weight is 415 g/mol. The molecule has 2 aromatic carbocycles. The first-order valence-corrected chi connectivity index (χ1v) is 9.49. The summed E-state index contributed by atoms with van der Waals surface area (Å²) in [6.07, 6.45) is 0. The summed E-state index contributed by atoms with van der Waals surface area (Å²) >= 11 is 0. The molecule has 0 N–H and O–H groups in total. The van der Waals surface area contributed by atoms with E-state index in [9.17, 15) is 9.18 Å². The van der Waals surface area contributed by atoms with Crippen LogP contribution in [0.3, 0.4) is 0 Å². The van der Waals surface area contributed by atoms with E-state index in [1.807, 2.05) is 0 Å². The third-order valence-electron chi connectivity index (χ3n) is 5.76. The first kappa shape index (κ1) is 20.2. The molecular weight excluding hydrogens is 395 g/mol. The quantitative estimate of drug-likeness (QED) is 0.754. The van der Waals surface area contributed by atoms with Gasteiger partial charge in [-0.15, -0.1) is 0 Å². The SMILES string of the molecule is COc1cccc(CN2C[C@@]3(F)CN(Cc4ccc(F)c(C#N)c4)C[C@@]3(F)C2=O)c1. The van der Waals surface area contributed by atoms with Gasteiger partial charge in [-0.05, 0) is 35.4 Å². The van der Waals surface area contributed by atoms with Gasteiger partial charge in [-0.3, -0.25) is 9.69 Å². The highest BCUT2D eigenvalue weighted by molar-refractivity contribution is 5.90. The molecular formula is C22H20F3N3O2. The van der Waals surface area contributed by atoms with Crippen LogP contribution < -0.4 is 4.74 Å². The normalized spacial score (nSPS) is 26.0. The largest absolute Gasteiger partial charge is 0.497 e. The topological polar surface area (TPSA) is 56.6 Å². The standard InChI is InChI=1S/C22H20F3N3O2/c1-30-18-4-2-3-15(8-18)11-28-13-21(24)12-27(14-22(21,25)20(28)29)10-16-5-6-19(23)17(7-16)9-26/h2-8H,10-14H2,1H3/t21-,22+/m0/s1. The average Bonchev–Trinajstić information content (AvgIpc) is 3.07. The molecule has 0 spiro atoms. The lowest BCUT2D eigenvalue weighted by Crippen LogP contribution is -2.47. The molecule has 0 radical (unpaired) electrons. The van der Waals surface area contributed by atoms with Gasteiger partial charge in [-0.2, -0.15) is 5.26 Å². The number of hydrogen-bond donors (Lipinski definition) is 0. The molecule has 0 aromatic heterocycles. The Morgan fingerprint density at radius 3 is 2.57 bits per heavy atom. The molecule has 2 heterocycles. The number of alkyl halides is 2. The fourth-order valence-electron chi connectivity index (χ4n) is 4.29. The maximum Gasteiger partial charge on any atom is 0.265 e. The minimum atomic E-state index is -2.63. The van der Waals surface area contributed by atoms with Crippen LogP contribution in [0.2, 0.25) is 0 Å². The third-order valence-corrected chi connectivity index (χ3v) is 5.76. The van der Waals surface area contributed by atoms with E-state index >= 15 is 8.78 Å². The van der Waals surface area contributed by atoms with Gasteiger partial charge in [0.2, 0.25) is 5.67 Å². The van der Waals surface area contributed by atoms with Crippen LogP contribution in [0, 0.1) is 17.1 Å². The molecule has 2 aliphatic rings. The Hall–Kier alpha value is -3.05. The van der Waals surface area contributed by atoms with Gasteiger partial charge in [0.15, 0.2) is 5.67 Å². The zero-order valence-electron chi connectivity index (χ0n) is 16.4. The first-order valence-electron chi connectivity index (χ1n) is 9.49. The Morgan fingerprint density at radius 2 is 1.87 bits per heavy atom. The third kappa shape index (κ3) is 3.29. The van der Waals surface area contributed by atoms with Gasteiger partial charge < -0.3 is 9.64 Å². The number of hydrogen-bond acceptors (Lipinski definition) is 4. The molecule has 2 atom stereocenters. The highest BCUT2D eigenvalue weighted by atomic mass is 19.2. The molecule has 5 nitrogen and oxygen atoms in total. The maximum absolute atomic E-state index is 15.6. The monoisotopic (exact) mass is 415 g/mol. The van der Waals surface area contributed by atoms with E-state index in [1.54, 1.807) is 30.3 Å². The maximum atomic E-state index is 15.6. The second-order valence-corrected chi connectivity index (χ2v) is 7.85. The number of nitrogens with zero attached hydrogens (tertiary/aromatic N) is 3. The van der Waals surface area contributed by atoms with Gasteiger partial charge in [-0.1, -0.05) is 18.2 Å².